The molecule has 1 heterocycles. The summed E-state index contributed by atoms with van der Waals surface area (Å²) in [6.45, 7) is -0.190. The van der Waals surface area contributed by atoms with E-state index in [1.165, 1.54) is 36.4 Å². The molecule has 136 valence electrons. The van der Waals surface area contributed by atoms with E-state index in [0.717, 1.165) is 3.57 Å². The molecule has 26 heavy (non-hydrogen) atoms. The number of sulfonamides is 1. The van der Waals surface area contributed by atoms with Gasteiger partial charge >= 0.3 is 0 Å². The van der Waals surface area contributed by atoms with Crippen LogP contribution in [0.15, 0.2) is 52.4 Å². The second kappa shape index (κ2) is 7.29. The minimum atomic E-state index is -3.90. The molecule has 0 fully saturated rings. The highest BCUT2D eigenvalue weighted by Crippen LogP contribution is 2.29. The van der Waals surface area contributed by atoms with Gasteiger partial charge in [-0.3, -0.25) is 9.52 Å². The van der Waals surface area contributed by atoms with Crippen LogP contribution in [0.5, 0.6) is 0 Å². The van der Waals surface area contributed by atoms with Crippen molar-refractivity contribution < 1.29 is 22.7 Å². The number of amidine groups is 1. The monoisotopic (exact) mass is 489 g/mol. The van der Waals surface area contributed by atoms with Gasteiger partial charge in [-0.25, -0.2) is 17.8 Å². The lowest BCUT2D eigenvalue weighted by atomic mass is 10.1. The van der Waals surface area contributed by atoms with Crippen LogP contribution in [0.3, 0.4) is 0 Å². The summed E-state index contributed by atoms with van der Waals surface area (Å²) in [5.74, 6) is -1.60. The summed E-state index contributed by atoms with van der Waals surface area (Å²) >= 11 is 1.98. The lowest BCUT2D eigenvalue weighted by Gasteiger charge is -2.18. The van der Waals surface area contributed by atoms with E-state index in [0.29, 0.717) is 5.56 Å². The van der Waals surface area contributed by atoms with E-state index < -0.39 is 27.9 Å². The van der Waals surface area contributed by atoms with Gasteiger partial charge in [0.15, 0.2) is 0 Å². The van der Waals surface area contributed by atoms with Crippen LogP contribution in [0, 0.1) is 9.39 Å². The fourth-order valence-corrected chi connectivity index (χ4v) is 4.17. The molecule has 0 aliphatic carbocycles. The van der Waals surface area contributed by atoms with Gasteiger partial charge in [0.05, 0.1) is 11.8 Å². The zero-order valence-corrected chi connectivity index (χ0v) is 16.1. The van der Waals surface area contributed by atoms with Crippen LogP contribution in [-0.2, 0) is 14.8 Å². The molecule has 2 aromatic carbocycles. The predicted octanol–water partition coefficient (Wildman–Crippen LogP) is 1.60. The van der Waals surface area contributed by atoms with E-state index in [9.17, 15) is 22.7 Å². The maximum Gasteiger partial charge on any atom is 0.287 e. The first kappa shape index (κ1) is 18.7. The van der Waals surface area contributed by atoms with Gasteiger partial charge in [-0.2, -0.15) is 0 Å². The third-order valence-electron chi connectivity index (χ3n) is 3.60. The van der Waals surface area contributed by atoms with Crippen LogP contribution in [-0.4, -0.2) is 31.8 Å². The SMILES string of the molecule is O=C(NCC(O)c1ccc(F)cc1)C1=Nc2ccc(I)cc2S(=O)(=O)N1. The van der Waals surface area contributed by atoms with Gasteiger partial charge in [0.1, 0.15) is 10.7 Å². The molecule has 3 N–H and O–H groups in total. The first-order chi connectivity index (χ1) is 12.3. The normalized spacial score (nSPS) is 16.0. The van der Waals surface area contributed by atoms with Crippen LogP contribution in [0.2, 0.25) is 0 Å². The first-order valence-electron chi connectivity index (χ1n) is 7.39. The summed E-state index contributed by atoms with van der Waals surface area (Å²) in [5.41, 5.74) is 0.575. The van der Waals surface area contributed by atoms with Gasteiger partial charge in [-0.05, 0) is 58.5 Å². The number of nitrogens with zero attached hydrogens (tertiary/aromatic N) is 1. The molecule has 0 saturated heterocycles. The fourth-order valence-electron chi connectivity index (χ4n) is 2.29. The van der Waals surface area contributed by atoms with Crippen molar-refractivity contribution in [1.29, 1.82) is 0 Å². The molecule has 1 unspecified atom stereocenters. The summed E-state index contributed by atoms with van der Waals surface area (Å²) in [7, 11) is -3.90. The third-order valence-corrected chi connectivity index (χ3v) is 5.64. The van der Waals surface area contributed by atoms with Crippen LogP contribution in [0.1, 0.15) is 11.7 Å². The highest BCUT2D eigenvalue weighted by Gasteiger charge is 2.29. The molecule has 1 atom stereocenters. The van der Waals surface area contributed by atoms with E-state index in [4.69, 9.17) is 0 Å². The van der Waals surface area contributed by atoms with Crippen molar-refractivity contribution in [3.05, 3.63) is 57.4 Å². The zero-order chi connectivity index (χ0) is 18.9. The molecule has 10 heteroatoms. The number of amides is 1. The van der Waals surface area contributed by atoms with Crippen molar-refractivity contribution in [2.45, 2.75) is 11.0 Å². The van der Waals surface area contributed by atoms with Crippen LogP contribution in [0.25, 0.3) is 0 Å². The topological polar surface area (TPSA) is 108 Å². The quantitative estimate of drug-likeness (QED) is 0.568. The Morgan fingerprint density at radius 3 is 2.65 bits per heavy atom. The molecule has 0 aromatic heterocycles. The van der Waals surface area contributed by atoms with E-state index in [1.807, 2.05) is 22.6 Å². The van der Waals surface area contributed by atoms with Crippen molar-refractivity contribution >= 4 is 50.0 Å². The molecule has 0 radical (unpaired) electrons. The number of aliphatic imine (C=N–C) groups is 1. The zero-order valence-electron chi connectivity index (χ0n) is 13.1. The van der Waals surface area contributed by atoms with E-state index >= 15 is 0 Å². The van der Waals surface area contributed by atoms with E-state index in [-0.39, 0.29) is 23.0 Å². The Labute approximate surface area is 162 Å². The average molecular weight is 489 g/mol. The van der Waals surface area contributed by atoms with Gasteiger partial charge in [-0.1, -0.05) is 12.1 Å². The summed E-state index contributed by atoms with van der Waals surface area (Å²) < 4.78 is 40.3. The molecule has 1 aliphatic heterocycles. The van der Waals surface area contributed by atoms with Crippen molar-refractivity contribution in [1.82, 2.24) is 10.0 Å². The molecular weight excluding hydrogens is 476 g/mol. The number of benzene rings is 2. The van der Waals surface area contributed by atoms with Gasteiger partial charge in [0.2, 0.25) is 5.84 Å². The Balaban J connectivity index is 1.74. The number of carbonyl (C=O) groups is 1. The summed E-state index contributed by atoms with van der Waals surface area (Å²) in [4.78, 5) is 16.2. The maximum absolute atomic E-state index is 12.9. The fraction of sp³-hybridized carbons (Fsp3) is 0.125. The van der Waals surface area contributed by atoms with Crippen molar-refractivity contribution in [3.8, 4) is 0 Å². The number of fused-ring (bicyclic) bond motifs is 1. The molecule has 0 spiro atoms. The lowest BCUT2D eigenvalue weighted by Crippen LogP contribution is -2.45. The Morgan fingerprint density at radius 2 is 1.96 bits per heavy atom. The molecule has 0 saturated carbocycles. The van der Waals surface area contributed by atoms with Crippen LogP contribution in [0.4, 0.5) is 10.1 Å². The van der Waals surface area contributed by atoms with Gasteiger partial charge < -0.3 is 10.4 Å². The second-order valence-corrected chi connectivity index (χ2v) is 8.35. The summed E-state index contributed by atoms with van der Waals surface area (Å²) in [5, 5.41) is 12.4. The van der Waals surface area contributed by atoms with E-state index in [1.54, 1.807) is 6.07 Å². The highest BCUT2D eigenvalue weighted by atomic mass is 127. The largest absolute Gasteiger partial charge is 0.387 e. The number of nitrogens with one attached hydrogen (secondary N) is 2. The second-order valence-electron chi connectivity index (χ2n) is 5.46. The van der Waals surface area contributed by atoms with Gasteiger partial charge in [0.25, 0.3) is 15.9 Å². The standard InChI is InChI=1S/C16H13FIN3O4S/c17-10-3-1-9(2-4-10)13(22)8-19-16(23)15-20-12-6-5-11(18)7-14(12)26(24,25)21-15/h1-7,13,22H,8H2,(H,19,23)(H,20,21). The van der Waals surface area contributed by atoms with Crippen molar-refractivity contribution in [3.63, 3.8) is 0 Å². The minimum Gasteiger partial charge on any atom is -0.387 e. The predicted molar refractivity (Wildman–Crippen MR) is 101 cm³/mol. The Kier molecular flexibility index (Phi) is 5.25. The molecule has 0 bridgehead atoms. The van der Waals surface area contributed by atoms with Crippen molar-refractivity contribution in [2.24, 2.45) is 4.99 Å². The molecule has 7 nitrogen and oxygen atoms in total. The number of aliphatic hydroxyl groups is 1. The maximum atomic E-state index is 12.9. The van der Waals surface area contributed by atoms with E-state index in [2.05, 4.69) is 15.0 Å². The molecular formula is C16H13FIN3O4S. The Bertz CT molecular complexity index is 993. The molecule has 2 aromatic rings. The molecule has 1 aliphatic rings. The minimum absolute atomic E-state index is 0.00713. The average Bonchev–Trinajstić information content (AvgIpc) is 2.60. The molecule has 3 rings (SSSR count). The molecule has 1 amide bonds. The smallest absolute Gasteiger partial charge is 0.287 e. The van der Waals surface area contributed by atoms with Gasteiger partial charge in [0, 0.05) is 10.1 Å². The number of halogens is 2. The Morgan fingerprint density at radius 1 is 1.27 bits per heavy atom. The lowest BCUT2D eigenvalue weighted by molar-refractivity contribution is -0.115. The summed E-state index contributed by atoms with van der Waals surface area (Å²) in [6, 6.07) is 9.81. The highest BCUT2D eigenvalue weighted by molar-refractivity contribution is 14.1. The number of carbonyl (C=O) groups excluding carboxylic acids is 1. The number of rotatable bonds is 4. The van der Waals surface area contributed by atoms with Crippen molar-refractivity contribution in [2.75, 3.05) is 6.54 Å². The number of hydrogen-bond donors (Lipinski definition) is 3. The van der Waals surface area contributed by atoms with Crippen LogP contribution >= 0.6 is 22.6 Å². The number of aliphatic hydroxyl groups excluding tert-OH is 1. The third kappa shape index (κ3) is 4.02. The van der Waals surface area contributed by atoms with Crippen LogP contribution < -0.4 is 10.0 Å². The van der Waals surface area contributed by atoms with Gasteiger partial charge in [-0.15, -0.1) is 0 Å². The Hall–Kier alpha value is -2.05. The number of hydrogen-bond acceptors (Lipinski definition) is 5. The first-order valence-corrected chi connectivity index (χ1v) is 9.95. The summed E-state index contributed by atoms with van der Waals surface area (Å²) in [6.07, 6.45) is -1.07.